The Bertz CT molecular complexity index is 255. The van der Waals surface area contributed by atoms with Crippen LogP contribution in [0.2, 0.25) is 0 Å². The quantitative estimate of drug-likeness (QED) is 0.844. The standard InChI is InChI=1S/C15H30N2O.ClH/c1-15(2,3)9-5-14(18)17-11-7-13(8-12-17)6-10-16-4;/h13,16H,5-12H2,1-4H3;1H. The number of nitrogens with one attached hydrogen (secondary N) is 1. The predicted octanol–water partition coefficient (Wildman–Crippen LogP) is 3.08. The van der Waals surface area contributed by atoms with E-state index in [1.807, 2.05) is 7.05 Å². The predicted molar refractivity (Wildman–Crippen MR) is 83.8 cm³/mol. The van der Waals surface area contributed by atoms with Crippen LogP contribution in [0.4, 0.5) is 0 Å². The van der Waals surface area contributed by atoms with E-state index in [1.54, 1.807) is 0 Å². The summed E-state index contributed by atoms with van der Waals surface area (Å²) in [5.74, 6) is 1.17. The molecule has 3 nitrogen and oxygen atoms in total. The van der Waals surface area contributed by atoms with Crippen LogP contribution < -0.4 is 5.32 Å². The van der Waals surface area contributed by atoms with Gasteiger partial charge in [0.1, 0.15) is 0 Å². The van der Waals surface area contributed by atoms with Crippen LogP contribution in [0.1, 0.15) is 52.9 Å². The van der Waals surface area contributed by atoms with Gasteiger partial charge in [0.2, 0.25) is 5.91 Å². The molecule has 1 aliphatic rings. The van der Waals surface area contributed by atoms with E-state index in [0.717, 1.165) is 32.0 Å². The van der Waals surface area contributed by atoms with Crippen LogP contribution in [0.5, 0.6) is 0 Å². The van der Waals surface area contributed by atoms with Crippen molar-refractivity contribution >= 4 is 18.3 Å². The SMILES string of the molecule is CNCCC1CCN(C(=O)CCC(C)(C)C)CC1.Cl. The summed E-state index contributed by atoms with van der Waals surface area (Å²) in [5.41, 5.74) is 0.265. The molecule has 0 aromatic rings. The molecule has 0 bridgehead atoms. The lowest BCUT2D eigenvalue weighted by atomic mass is 9.89. The van der Waals surface area contributed by atoms with Gasteiger partial charge in [-0.3, -0.25) is 4.79 Å². The first-order valence-corrected chi connectivity index (χ1v) is 7.35. The van der Waals surface area contributed by atoms with E-state index in [0.29, 0.717) is 12.3 Å². The van der Waals surface area contributed by atoms with E-state index in [2.05, 4.69) is 31.0 Å². The van der Waals surface area contributed by atoms with E-state index in [1.165, 1.54) is 19.3 Å². The molecule has 0 aliphatic carbocycles. The number of likely N-dealkylation sites (tertiary alicyclic amines) is 1. The maximum absolute atomic E-state index is 12.1. The Morgan fingerprint density at radius 3 is 2.32 bits per heavy atom. The van der Waals surface area contributed by atoms with Gasteiger partial charge in [-0.1, -0.05) is 20.8 Å². The van der Waals surface area contributed by atoms with Crippen molar-refractivity contribution in [1.82, 2.24) is 10.2 Å². The summed E-state index contributed by atoms with van der Waals surface area (Å²) in [7, 11) is 2.01. The summed E-state index contributed by atoms with van der Waals surface area (Å²) in [5, 5.41) is 3.21. The molecule has 0 aromatic carbocycles. The normalized spacial score (nSPS) is 17.2. The third-order valence-electron chi connectivity index (χ3n) is 3.86. The van der Waals surface area contributed by atoms with Gasteiger partial charge in [0.05, 0.1) is 0 Å². The van der Waals surface area contributed by atoms with Gasteiger partial charge in [-0.05, 0) is 50.6 Å². The first kappa shape index (κ1) is 18.7. The molecule has 1 heterocycles. The minimum atomic E-state index is 0. The summed E-state index contributed by atoms with van der Waals surface area (Å²) < 4.78 is 0. The Morgan fingerprint density at radius 2 is 1.84 bits per heavy atom. The molecule has 1 saturated heterocycles. The molecule has 1 fully saturated rings. The number of halogens is 1. The van der Waals surface area contributed by atoms with Crippen LogP contribution in [0, 0.1) is 11.3 Å². The fourth-order valence-electron chi connectivity index (χ4n) is 2.46. The molecule has 0 saturated carbocycles. The van der Waals surface area contributed by atoms with Crippen molar-refractivity contribution in [2.45, 2.75) is 52.9 Å². The summed E-state index contributed by atoms with van der Waals surface area (Å²) in [4.78, 5) is 14.2. The molecule has 0 aromatic heterocycles. The first-order chi connectivity index (χ1) is 8.42. The minimum absolute atomic E-state index is 0. The van der Waals surface area contributed by atoms with E-state index in [4.69, 9.17) is 0 Å². The third kappa shape index (κ3) is 7.78. The van der Waals surface area contributed by atoms with Crippen LogP contribution >= 0.6 is 12.4 Å². The van der Waals surface area contributed by atoms with Gasteiger partial charge >= 0.3 is 0 Å². The highest BCUT2D eigenvalue weighted by Crippen LogP contribution is 2.24. The van der Waals surface area contributed by atoms with E-state index >= 15 is 0 Å². The lowest BCUT2D eigenvalue weighted by molar-refractivity contribution is -0.133. The van der Waals surface area contributed by atoms with Gasteiger partial charge in [0.25, 0.3) is 0 Å². The largest absolute Gasteiger partial charge is 0.343 e. The molecule has 1 N–H and O–H groups in total. The van der Waals surface area contributed by atoms with Crippen molar-refractivity contribution in [3.05, 3.63) is 0 Å². The number of piperidine rings is 1. The van der Waals surface area contributed by atoms with Crippen molar-refractivity contribution < 1.29 is 4.79 Å². The van der Waals surface area contributed by atoms with E-state index < -0.39 is 0 Å². The zero-order chi connectivity index (χ0) is 13.6. The van der Waals surface area contributed by atoms with E-state index in [-0.39, 0.29) is 17.8 Å². The van der Waals surface area contributed by atoms with Gasteiger partial charge in [0.15, 0.2) is 0 Å². The van der Waals surface area contributed by atoms with Crippen LogP contribution in [-0.4, -0.2) is 37.5 Å². The average Bonchev–Trinajstić information content (AvgIpc) is 2.33. The molecule has 114 valence electrons. The fraction of sp³-hybridized carbons (Fsp3) is 0.933. The maximum Gasteiger partial charge on any atom is 0.222 e. The van der Waals surface area contributed by atoms with Gasteiger partial charge in [0, 0.05) is 19.5 Å². The Morgan fingerprint density at radius 1 is 1.26 bits per heavy atom. The first-order valence-electron chi connectivity index (χ1n) is 7.35. The summed E-state index contributed by atoms with van der Waals surface area (Å²) in [6.07, 6.45) is 5.32. The molecule has 0 radical (unpaired) electrons. The number of nitrogens with zero attached hydrogens (tertiary/aromatic N) is 1. The second-order valence-electron chi connectivity index (χ2n) is 6.78. The molecule has 0 unspecified atom stereocenters. The van der Waals surface area contributed by atoms with Gasteiger partial charge in [-0.15, -0.1) is 12.4 Å². The smallest absolute Gasteiger partial charge is 0.222 e. The number of rotatable bonds is 5. The monoisotopic (exact) mass is 290 g/mol. The molecular weight excluding hydrogens is 260 g/mol. The van der Waals surface area contributed by atoms with Crippen LogP contribution in [0.15, 0.2) is 0 Å². The molecule has 1 amide bonds. The summed E-state index contributed by atoms with van der Waals surface area (Å²) in [6, 6.07) is 0. The number of amides is 1. The number of carbonyl (C=O) groups is 1. The van der Waals surface area contributed by atoms with Gasteiger partial charge in [-0.25, -0.2) is 0 Å². The lowest BCUT2D eigenvalue weighted by Crippen LogP contribution is -2.39. The highest BCUT2D eigenvalue weighted by molar-refractivity contribution is 5.85. The molecule has 19 heavy (non-hydrogen) atoms. The maximum atomic E-state index is 12.1. The Hall–Kier alpha value is -0.280. The van der Waals surface area contributed by atoms with Crippen LogP contribution in [0.3, 0.4) is 0 Å². The van der Waals surface area contributed by atoms with Crippen LogP contribution in [0.25, 0.3) is 0 Å². The average molecular weight is 291 g/mol. The Labute approximate surface area is 124 Å². The van der Waals surface area contributed by atoms with Crippen molar-refractivity contribution in [3.8, 4) is 0 Å². The molecule has 1 rings (SSSR count). The van der Waals surface area contributed by atoms with Gasteiger partial charge < -0.3 is 10.2 Å². The molecule has 4 heteroatoms. The number of hydrogen-bond acceptors (Lipinski definition) is 2. The van der Waals surface area contributed by atoms with Crippen LogP contribution in [-0.2, 0) is 4.79 Å². The molecule has 0 spiro atoms. The Balaban J connectivity index is 0.00000324. The zero-order valence-corrected chi connectivity index (χ0v) is 13.8. The third-order valence-corrected chi connectivity index (χ3v) is 3.86. The molecule has 0 atom stereocenters. The van der Waals surface area contributed by atoms with Gasteiger partial charge in [-0.2, -0.15) is 0 Å². The summed E-state index contributed by atoms with van der Waals surface area (Å²) >= 11 is 0. The van der Waals surface area contributed by atoms with E-state index in [9.17, 15) is 4.79 Å². The zero-order valence-electron chi connectivity index (χ0n) is 13.0. The fourth-order valence-corrected chi connectivity index (χ4v) is 2.46. The lowest BCUT2D eigenvalue weighted by Gasteiger charge is -2.32. The van der Waals surface area contributed by atoms with Crippen molar-refractivity contribution in [2.75, 3.05) is 26.7 Å². The molecular formula is C15H31ClN2O. The molecule has 1 aliphatic heterocycles. The number of hydrogen-bond donors (Lipinski definition) is 1. The Kier molecular flexibility index (Phi) is 8.67. The van der Waals surface area contributed by atoms with Crippen molar-refractivity contribution in [3.63, 3.8) is 0 Å². The number of carbonyl (C=O) groups excluding carboxylic acids is 1. The summed E-state index contributed by atoms with van der Waals surface area (Å²) in [6.45, 7) is 9.64. The highest BCUT2D eigenvalue weighted by Gasteiger charge is 2.23. The minimum Gasteiger partial charge on any atom is -0.343 e. The highest BCUT2D eigenvalue weighted by atomic mass is 35.5. The van der Waals surface area contributed by atoms with Crippen molar-refractivity contribution in [1.29, 1.82) is 0 Å². The topological polar surface area (TPSA) is 32.3 Å². The second kappa shape index (κ2) is 8.80. The second-order valence-corrected chi connectivity index (χ2v) is 6.78. The van der Waals surface area contributed by atoms with Crippen molar-refractivity contribution in [2.24, 2.45) is 11.3 Å².